The molecule has 2 heterocycles. The number of nitro benzene ring substituents is 2. The Balaban J connectivity index is 1.53. The van der Waals surface area contributed by atoms with Crippen molar-refractivity contribution in [3.05, 3.63) is 110 Å². The molecule has 0 atom stereocenters. The van der Waals surface area contributed by atoms with Gasteiger partial charge in [0.05, 0.1) is 27.3 Å². The summed E-state index contributed by atoms with van der Waals surface area (Å²) in [4.78, 5) is 41.8. The van der Waals surface area contributed by atoms with Crippen LogP contribution in [0.5, 0.6) is 0 Å². The summed E-state index contributed by atoms with van der Waals surface area (Å²) in [6.45, 7) is 0. The molecule has 3 aromatic carbocycles. The lowest BCUT2D eigenvalue weighted by Crippen LogP contribution is -2.19. The Bertz CT molecular complexity index is 1690. The van der Waals surface area contributed by atoms with Crippen LogP contribution in [0.4, 0.5) is 11.4 Å². The summed E-state index contributed by atoms with van der Waals surface area (Å²) >= 11 is 0. The molecule has 0 bridgehead atoms. The van der Waals surface area contributed by atoms with Gasteiger partial charge >= 0.3 is 0 Å². The number of benzene rings is 3. The van der Waals surface area contributed by atoms with Crippen molar-refractivity contribution in [3.8, 4) is 11.3 Å². The molecule has 0 radical (unpaired) electrons. The normalized spacial score (nSPS) is 11.2. The van der Waals surface area contributed by atoms with E-state index < -0.39 is 15.8 Å². The molecule has 0 aliphatic heterocycles. The van der Waals surface area contributed by atoms with Gasteiger partial charge in [0.25, 0.3) is 17.3 Å². The molecule has 2 N–H and O–H groups in total. The van der Waals surface area contributed by atoms with Crippen molar-refractivity contribution in [2.45, 2.75) is 0 Å². The van der Waals surface area contributed by atoms with Gasteiger partial charge in [0.15, 0.2) is 0 Å². The number of hydrogen-bond acceptors (Lipinski definition) is 7. The van der Waals surface area contributed by atoms with E-state index >= 15 is 0 Å². The van der Waals surface area contributed by atoms with Gasteiger partial charge in [-0.15, -0.1) is 0 Å². The van der Waals surface area contributed by atoms with Gasteiger partial charge in [-0.1, -0.05) is 30.3 Å². The molecule has 0 aliphatic rings. The fourth-order valence-electron chi connectivity index (χ4n) is 3.84. The van der Waals surface area contributed by atoms with Gasteiger partial charge in [-0.3, -0.25) is 25.0 Å². The van der Waals surface area contributed by atoms with Crippen molar-refractivity contribution in [3.63, 3.8) is 0 Å². The van der Waals surface area contributed by atoms with Crippen LogP contribution in [-0.4, -0.2) is 31.9 Å². The van der Waals surface area contributed by atoms with Crippen LogP contribution in [-0.2, 0) is 0 Å². The molecule has 2 aromatic heterocycles. The second-order valence-electron chi connectivity index (χ2n) is 7.80. The first-order chi connectivity index (χ1) is 17.4. The summed E-state index contributed by atoms with van der Waals surface area (Å²) in [7, 11) is 0. The Morgan fingerprint density at radius 1 is 0.889 bits per heavy atom. The zero-order valence-electron chi connectivity index (χ0n) is 18.4. The van der Waals surface area contributed by atoms with Crippen molar-refractivity contribution in [2.24, 2.45) is 5.10 Å². The van der Waals surface area contributed by atoms with Gasteiger partial charge in [0.2, 0.25) is 0 Å². The minimum Gasteiger partial charge on any atom is -0.353 e. The fraction of sp³-hybridized carbons (Fsp3) is 0. The lowest BCUT2D eigenvalue weighted by molar-refractivity contribution is -0.385. The largest absolute Gasteiger partial charge is 0.353 e. The molecule has 1 amide bonds. The number of para-hydroxylation sites is 1. The number of non-ortho nitro benzene ring substituents is 2. The molecule has 5 rings (SSSR count). The molecule has 0 unspecified atom stereocenters. The SMILES string of the molecule is O=C(N/N=C/c1ccc([N+](=O)[O-])cc1)c1cc2c([nH]c3ccccc32)c(-c2cccc([N+](=O)[O-])c2)n1. The van der Waals surface area contributed by atoms with Crippen LogP contribution in [0.15, 0.2) is 84.0 Å². The van der Waals surface area contributed by atoms with E-state index in [-0.39, 0.29) is 17.1 Å². The minimum atomic E-state index is -0.591. The number of nitro groups is 2. The molecule has 36 heavy (non-hydrogen) atoms. The van der Waals surface area contributed by atoms with Crippen molar-refractivity contribution >= 4 is 45.3 Å². The summed E-state index contributed by atoms with van der Waals surface area (Å²) < 4.78 is 0. The van der Waals surface area contributed by atoms with Crippen molar-refractivity contribution in [1.82, 2.24) is 15.4 Å². The molecular formula is C25H16N6O5. The smallest absolute Gasteiger partial charge is 0.289 e. The molecule has 0 saturated heterocycles. The molecule has 176 valence electrons. The average molecular weight is 480 g/mol. The van der Waals surface area contributed by atoms with Crippen LogP contribution < -0.4 is 5.43 Å². The molecule has 11 nitrogen and oxygen atoms in total. The number of pyridine rings is 1. The second-order valence-corrected chi connectivity index (χ2v) is 7.80. The van der Waals surface area contributed by atoms with Crippen molar-refractivity contribution < 1.29 is 14.6 Å². The number of carbonyl (C=O) groups excluding carboxylic acids is 1. The second kappa shape index (κ2) is 9.06. The van der Waals surface area contributed by atoms with E-state index in [1.54, 1.807) is 18.2 Å². The number of rotatable bonds is 6. The van der Waals surface area contributed by atoms with Crippen LogP contribution in [0.1, 0.15) is 16.1 Å². The van der Waals surface area contributed by atoms with Gasteiger partial charge < -0.3 is 4.98 Å². The first-order valence-electron chi connectivity index (χ1n) is 10.6. The number of H-pyrrole nitrogens is 1. The van der Waals surface area contributed by atoms with Crippen LogP contribution in [0.3, 0.4) is 0 Å². The molecule has 0 aliphatic carbocycles. The number of nitrogens with zero attached hydrogens (tertiary/aromatic N) is 4. The maximum absolute atomic E-state index is 12.9. The molecular weight excluding hydrogens is 464 g/mol. The van der Waals surface area contributed by atoms with Crippen LogP contribution >= 0.6 is 0 Å². The number of aromatic amines is 1. The van der Waals surface area contributed by atoms with Crippen molar-refractivity contribution in [2.75, 3.05) is 0 Å². The standard InChI is InChI=1S/C25H16N6O5/c32-25(29-26-14-15-8-10-17(11-9-15)30(33)34)22-13-20-19-6-1-2-7-21(19)27-24(20)23(28-22)16-4-3-5-18(12-16)31(35)36/h1-14,27H,(H,29,32)/b26-14+. The van der Waals surface area contributed by atoms with E-state index in [1.165, 1.54) is 42.6 Å². The summed E-state index contributed by atoms with van der Waals surface area (Å²) in [5.41, 5.74) is 5.21. The zero-order chi connectivity index (χ0) is 25.2. The third kappa shape index (κ3) is 4.23. The van der Waals surface area contributed by atoms with E-state index in [9.17, 15) is 25.0 Å². The number of hydrazone groups is 1. The Kier molecular flexibility index (Phi) is 5.63. The van der Waals surface area contributed by atoms with Gasteiger partial charge in [-0.05, 0) is 29.8 Å². The van der Waals surface area contributed by atoms with Crippen molar-refractivity contribution in [1.29, 1.82) is 0 Å². The quantitative estimate of drug-likeness (QED) is 0.199. The molecule has 11 heteroatoms. The number of nitrogens with one attached hydrogen (secondary N) is 2. The molecule has 0 spiro atoms. The third-order valence-electron chi connectivity index (χ3n) is 5.54. The topological polar surface area (TPSA) is 156 Å². The maximum atomic E-state index is 12.9. The first kappa shape index (κ1) is 22.3. The number of hydrogen-bond donors (Lipinski definition) is 2. The average Bonchev–Trinajstić information content (AvgIpc) is 3.27. The lowest BCUT2D eigenvalue weighted by Gasteiger charge is -2.07. The number of carbonyl (C=O) groups is 1. The maximum Gasteiger partial charge on any atom is 0.289 e. The van der Waals surface area contributed by atoms with Gasteiger partial charge in [0, 0.05) is 46.1 Å². The number of aromatic nitrogens is 2. The van der Waals surface area contributed by atoms with Crippen LogP contribution in [0.2, 0.25) is 0 Å². The van der Waals surface area contributed by atoms with Gasteiger partial charge in [0.1, 0.15) is 5.69 Å². The molecule has 0 saturated carbocycles. The summed E-state index contributed by atoms with van der Waals surface area (Å²) in [5, 5.41) is 27.6. The molecule has 5 aromatic rings. The van der Waals surface area contributed by atoms with E-state index in [1.807, 2.05) is 24.3 Å². The minimum absolute atomic E-state index is 0.0545. The first-order valence-corrected chi connectivity index (χ1v) is 10.6. The van der Waals surface area contributed by atoms with Gasteiger partial charge in [-0.2, -0.15) is 5.10 Å². The Morgan fingerprint density at radius 3 is 2.39 bits per heavy atom. The predicted molar refractivity (Wildman–Crippen MR) is 134 cm³/mol. The highest BCUT2D eigenvalue weighted by molar-refractivity contribution is 6.13. The fourth-order valence-corrected chi connectivity index (χ4v) is 3.84. The van der Waals surface area contributed by atoms with Gasteiger partial charge in [-0.25, -0.2) is 10.4 Å². The van der Waals surface area contributed by atoms with E-state index in [2.05, 4.69) is 20.5 Å². The highest BCUT2D eigenvalue weighted by Gasteiger charge is 2.18. The summed E-state index contributed by atoms with van der Waals surface area (Å²) in [5.74, 6) is -0.591. The van der Waals surface area contributed by atoms with Crippen LogP contribution in [0, 0.1) is 20.2 Å². The Labute approximate surface area is 202 Å². The summed E-state index contributed by atoms with van der Waals surface area (Å²) in [6, 6.07) is 20.9. The molecule has 0 fully saturated rings. The highest BCUT2D eigenvalue weighted by atomic mass is 16.6. The number of fused-ring (bicyclic) bond motifs is 3. The monoisotopic (exact) mass is 480 g/mol. The lowest BCUT2D eigenvalue weighted by atomic mass is 10.1. The predicted octanol–water partition coefficient (Wildman–Crippen LogP) is 4.96. The van der Waals surface area contributed by atoms with E-state index in [0.29, 0.717) is 22.3 Å². The Morgan fingerprint density at radius 2 is 1.64 bits per heavy atom. The third-order valence-corrected chi connectivity index (χ3v) is 5.54. The highest BCUT2D eigenvalue weighted by Crippen LogP contribution is 2.33. The summed E-state index contributed by atoms with van der Waals surface area (Å²) in [6.07, 6.45) is 1.35. The van der Waals surface area contributed by atoms with E-state index in [4.69, 9.17) is 0 Å². The Hall–Kier alpha value is -5.45. The number of amides is 1. The van der Waals surface area contributed by atoms with Crippen LogP contribution in [0.25, 0.3) is 33.1 Å². The van der Waals surface area contributed by atoms with E-state index in [0.717, 1.165) is 16.3 Å². The zero-order valence-corrected chi connectivity index (χ0v) is 18.4.